The van der Waals surface area contributed by atoms with E-state index >= 15 is 0 Å². The van der Waals surface area contributed by atoms with Crippen LogP contribution in [0, 0.1) is 0 Å². The molecule has 3 amide bonds. The van der Waals surface area contributed by atoms with Crippen LogP contribution < -0.4 is 15.8 Å². The number of hydrogen-bond acceptors (Lipinski definition) is 5. The first-order chi connectivity index (χ1) is 17.9. The molecule has 1 fully saturated rings. The molecule has 1 aliphatic heterocycles. The fourth-order valence-electron chi connectivity index (χ4n) is 4.76. The molecule has 0 unspecified atom stereocenters. The van der Waals surface area contributed by atoms with E-state index in [1.54, 1.807) is 41.7 Å². The van der Waals surface area contributed by atoms with E-state index in [-0.39, 0.29) is 17.6 Å². The Morgan fingerprint density at radius 3 is 2.16 bits per heavy atom. The Kier molecular flexibility index (Phi) is 7.80. The van der Waals surface area contributed by atoms with Crippen molar-refractivity contribution in [1.82, 2.24) is 4.90 Å². The van der Waals surface area contributed by atoms with Crippen molar-refractivity contribution in [2.24, 2.45) is 5.73 Å². The zero-order valence-electron chi connectivity index (χ0n) is 22.6. The largest absolute Gasteiger partial charge is 0.410 e. The van der Waals surface area contributed by atoms with E-state index in [0.29, 0.717) is 16.8 Å². The number of nitrogens with two attached hydrogens (primary N) is 1. The molecule has 1 aromatic heterocycles. The maximum absolute atomic E-state index is 13.4. The highest BCUT2D eigenvalue weighted by Gasteiger charge is 2.30. The molecule has 0 aliphatic carbocycles. The summed E-state index contributed by atoms with van der Waals surface area (Å²) in [5.41, 5.74) is 8.06. The quantitative estimate of drug-likeness (QED) is 0.351. The highest BCUT2D eigenvalue weighted by atomic mass is 32.1. The summed E-state index contributed by atoms with van der Waals surface area (Å²) in [5, 5.41) is 4.96. The van der Waals surface area contributed by atoms with Gasteiger partial charge in [0.15, 0.2) is 5.75 Å². The van der Waals surface area contributed by atoms with Crippen LogP contribution in [-0.4, -0.2) is 44.0 Å². The monoisotopic (exact) mass is 549 g/mol. The predicted octanol–water partition coefficient (Wildman–Crippen LogP) is 6.59. The number of thiophene rings is 1. The Morgan fingerprint density at radius 2 is 1.61 bits per heavy atom. The van der Waals surface area contributed by atoms with E-state index in [9.17, 15) is 14.4 Å². The first-order valence-corrected chi connectivity index (χ1v) is 17.0. The van der Waals surface area contributed by atoms with Gasteiger partial charge in [0.25, 0.3) is 11.8 Å². The van der Waals surface area contributed by atoms with Gasteiger partial charge in [0.1, 0.15) is 0 Å². The lowest BCUT2D eigenvalue weighted by atomic mass is 9.81. The number of ether oxygens (including phenoxy) is 1. The van der Waals surface area contributed by atoms with Gasteiger partial charge in [-0.1, -0.05) is 39.9 Å². The summed E-state index contributed by atoms with van der Waals surface area (Å²) in [6, 6.07) is 16.4. The van der Waals surface area contributed by atoms with Crippen molar-refractivity contribution < 1.29 is 19.1 Å². The minimum absolute atomic E-state index is 0.00253. The van der Waals surface area contributed by atoms with Crippen molar-refractivity contribution in [3.63, 3.8) is 0 Å². The molecule has 0 radical (unpaired) electrons. The highest BCUT2D eigenvalue weighted by Crippen LogP contribution is 2.44. The smallest absolute Gasteiger partial charge is 0.408 e. The van der Waals surface area contributed by atoms with E-state index in [4.69, 9.17) is 10.5 Å². The molecule has 3 aromatic rings. The van der Waals surface area contributed by atoms with E-state index in [1.165, 1.54) is 0 Å². The summed E-state index contributed by atoms with van der Waals surface area (Å²) in [7, 11) is -1.18. The number of amides is 3. The summed E-state index contributed by atoms with van der Waals surface area (Å²) >= 11 is 1.59. The lowest BCUT2D eigenvalue weighted by molar-refractivity contribution is 0.0764. The molecule has 2 heterocycles. The van der Waals surface area contributed by atoms with Crippen LogP contribution >= 0.6 is 11.3 Å². The normalized spacial score (nSPS) is 15.1. The Hall–Kier alpha value is -3.43. The second kappa shape index (κ2) is 10.7. The van der Waals surface area contributed by atoms with Gasteiger partial charge >= 0.3 is 6.09 Å². The first kappa shape index (κ1) is 27.6. The molecule has 38 heavy (non-hydrogen) atoms. The summed E-state index contributed by atoms with van der Waals surface area (Å²) < 4.78 is 5.30. The molecule has 3 N–H and O–H groups in total. The van der Waals surface area contributed by atoms with Gasteiger partial charge in [0.2, 0.25) is 0 Å². The fraction of sp³-hybridized carbons (Fsp3) is 0.345. The molecular formula is C29H35N3O4SSi. The zero-order chi connectivity index (χ0) is 27.7. The van der Waals surface area contributed by atoms with Gasteiger partial charge < -0.3 is 20.7 Å². The zero-order valence-corrected chi connectivity index (χ0v) is 24.4. The molecule has 9 heteroatoms. The number of carbonyl (C=O) groups excluding carboxylic acids is 3. The van der Waals surface area contributed by atoms with E-state index < -0.39 is 19.6 Å². The standard InChI is InChI=1S/C29H35N3O4SSi/c1-29(2,3)24-21(23-7-6-16-37-23)12-13-22(36-28(30)35)25(24)31-26(33)19-8-10-20(11-9-19)27(34)32-14-17-38(4,5)18-15-32/h6-13,16H,14-15,17-18H2,1-5H3,(H2,30,35)(H,31,33). The van der Waals surface area contributed by atoms with Gasteiger partial charge in [0, 0.05) is 29.1 Å². The third-order valence-electron chi connectivity index (χ3n) is 6.95. The van der Waals surface area contributed by atoms with Crippen molar-refractivity contribution in [3.8, 4) is 16.2 Å². The number of carbonyl (C=O) groups is 3. The maximum atomic E-state index is 13.4. The summed E-state index contributed by atoms with van der Waals surface area (Å²) in [5.74, 6) is -0.199. The van der Waals surface area contributed by atoms with Gasteiger partial charge in [-0.25, -0.2) is 4.79 Å². The van der Waals surface area contributed by atoms with E-state index in [1.807, 2.05) is 49.3 Å². The van der Waals surface area contributed by atoms with Crippen molar-refractivity contribution in [2.45, 2.75) is 51.4 Å². The maximum Gasteiger partial charge on any atom is 0.410 e. The van der Waals surface area contributed by atoms with Crippen LogP contribution in [-0.2, 0) is 5.41 Å². The minimum atomic E-state index is -1.18. The lowest BCUT2D eigenvalue weighted by Gasteiger charge is -2.35. The molecule has 0 atom stereocenters. The third kappa shape index (κ3) is 6.16. The Bertz CT molecular complexity index is 1340. The van der Waals surface area contributed by atoms with Crippen LogP contribution in [0.25, 0.3) is 10.4 Å². The highest BCUT2D eigenvalue weighted by molar-refractivity contribution is 7.13. The molecule has 1 saturated heterocycles. The molecule has 2 aromatic carbocycles. The molecule has 0 bridgehead atoms. The number of rotatable bonds is 5. The number of nitrogens with zero attached hydrogens (tertiary/aromatic N) is 1. The second-order valence-electron chi connectivity index (χ2n) is 11.5. The van der Waals surface area contributed by atoms with E-state index in [0.717, 1.165) is 41.2 Å². The lowest BCUT2D eigenvalue weighted by Crippen LogP contribution is -2.45. The predicted molar refractivity (Wildman–Crippen MR) is 156 cm³/mol. The van der Waals surface area contributed by atoms with Gasteiger partial charge in [0.05, 0.1) is 13.8 Å². The molecule has 4 rings (SSSR count). The number of nitrogens with one attached hydrogen (secondary N) is 1. The average Bonchev–Trinajstić information content (AvgIpc) is 3.38. The van der Waals surface area contributed by atoms with Gasteiger partial charge in [-0.05, 0) is 76.5 Å². The van der Waals surface area contributed by atoms with Crippen molar-refractivity contribution in [1.29, 1.82) is 0 Å². The second-order valence-corrected chi connectivity index (χ2v) is 17.8. The fourth-order valence-corrected chi connectivity index (χ4v) is 7.52. The SMILES string of the molecule is CC(C)(C)c1c(-c2cccs2)ccc(OC(N)=O)c1NC(=O)c1ccc(C(=O)N2CC[Si](C)(C)CC2)cc1. The molecule has 0 spiro atoms. The van der Waals surface area contributed by atoms with Crippen molar-refractivity contribution in [2.75, 3.05) is 18.4 Å². The average molecular weight is 550 g/mol. The molecule has 1 aliphatic rings. The van der Waals surface area contributed by atoms with Gasteiger partial charge in [-0.15, -0.1) is 11.3 Å². The Labute approximate surface area is 229 Å². The number of hydrogen-bond donors (Lipinski definition) is 2. The van der Waals surface area contributed by atoms with Gasteiger partial charge in [-0.2, -0.15) is 0 Å². The molecule has 7 nitrogen and oxygen atoms in total. The summed E-state index contributed by atoms with van der Waals surface area (Å²) in [4.78, 5) is 41.0. The number of primary amides is 1. The first-order valence-electron chi connectivity index (χ1n) is 12.7. The Morgan fingerprint density at radius 1 is 0.974 bits per heavy atom. The summed E-state index contributed by atoms with van der Waals surface area (Å²) in [6.07, 6.45) is -0.962. The van der Waals surface area contributed by atoms with E-state index in [2.05, 4.69) is 18.4 Å². The van der Waals surface area contributed by atoms with Crippen LogP contribution in [0.1, 0.15) is 47.1 Å². The molecule has 200 valence electrons. The van der Waals surface area contributed by atoms with Crippen LogP contribution in [0.15, 0.2) is 53.9 Å². The van der Waals surface area contributed by atoms with Gasteiger partial charge in [-0.3, -0.25) is 9.59 Å². The minimum Gasteiger partial charge on any atom is -0.408 e. The molecule has 0 saturated carbocycles. The van der Waals surface area contributed by atoms with Crippen LogP contribution in [0.5, 0.6) is 5.75 Å². The molecular weight excluding hydrogens is 514 g/mol. The van der Waals surface area contributed by atoms with Crippen molar-refractivity contribution >= 4 is 43.0 Å². The summed E-state index contributed by atoms with van der Waals surface area (Å²) in [6.45, 7) is 12.4. The number of anilines is 1. The number of benzene rings is 2. The van der Waals surface area contributed by atoms with Crippen molar-refractivity contribution in [3.05, 3.63) is 70.6 Å². The van der Waals surface area contributed by atoms with Crippen LogP contribution in [0.4, 0.5) is 10.5 Å². The third-order valence-corrected chi connectivity index (χ3v) is 11.0. The van der Waals surface area contributed by atoms with Crippen LogP contribution in [0.2, 0.25) is 25.2 Å². The Balaban J connectivity index is 1.63. The van der Waals surface area contributed by atoms with Crippen LogP contribution in [0.3, 0.4) is 0 Å². The topological polar surface area (TPSA) is 102 Å².